The summed E-state index contributed by atoms with van der Waals surface area (Å²) in [6.07, 6.45) is 4.79. The van der Waals surface area contributed by atoms with Gasteiger partial charge in [0.25, 0.3) is 5.91 Å². The molecule has 2 aromatic rings. The smallest absolute Gasteiger partial charge is 0.271 e. The van der Waals surface area contributed by atoms with Crippen molar-refractivity contribution in [3.8, 4) is 0 Å². The Morgan fingerprint density at radius 2 is 2.11 bits per heavy atom. The highest BCUT2D eigenvalue weighted by atomic mass is 32.2. The number of aryl methyl sites for hydroxylation is 1. The van der Waals surface area contributed by atoms with Crippen LogP contribution in [0.3, 0.4) is 0 Å². The van der Waals surface area contributed by atoms with E-state index in [1.807, 2.05) is 35.9 Å². The van der Waals surface area contributed by atoms with Gasteiger partial charge in [-0.25, -0.2) is 5.43 Å². The van der Waals surface area contributed by atoms with E-state index in [4.69, 9.17) is 0 Å². The van der Waals surface area contributed by atoms with Crippen molar-refractivity contribution >= 4 is 23.4 Å². The Labute approximate surface area is 164 Å². The van der Waals surface area contributed by atoms with E-state index < -0.39 is 0 Å². The van der Waals surface area contributed by atoms with Crippen molar-refractivity contribution in [2.24, 2.45) is 23.5 Å². The van der Waals surface area contributed by atoms with E-state index in [1.54, 1.807) is 18.1 Å². The molecule has 1 aliphatic rings. The Hall–Kier alpha value is -2.15. The minimum atomic E-state index is -0.161. The lowest BCUT2D eigenvalue weighted by atomic mass is 9.72. The average molecular weight is 386 g/mol. The van der Waals surface area contributed by atoms with E-state index in [0.29, 0.717) is 11.5 Å². The van der Waals surface area contributed by atoms with E-state index in [0.717, 1.165) is 35.0 Å². The predicted molar refractivity (Wildman–Crippen MR) is 109 cm³/mol. The number of amides is 1. The lowest BCUT2D eigenvalue weighted by Gasteiger charge is -2.34. The molecule has 0 spiro atoms. The second kappa shape index (κ2) is 8.25. The zero-order valence-corrected chi connectivity index (χ0v) is 17.2. The lowest BCUT2D eigenvalue weighted by Crippen LogP contribution is -2.30. The predicted octanol–water partition coefficient (Wildman–Crippen LogP) is 4.04. The topological polar surface area (TPSA) is 72.2 Å². The van der Waals surface area contributed by atoms with E-state index in [1.165, 1.54) is 6.42 Å². The van der Waals surface area contributed by atoms with Gasteiger partial charge in [-0.2, -0.15) is 5.10 Å². The number of carbonyl (C=O) groups excluding carboxylic acids is 1. The van der Waals surface area contributed by atoms with Crippen LogP contribution in [0.15, 0.2) is 40.9 Å². The fraction of sp³-hybridized carbons (Fsp3) is 0.500. The third kappa shape index (κ3) is 5.42. The quantitative estimate of drug-likeness (QED) is 0.623. The molecule has 0 aliphatic heterocycles. The van der Waals surface area contributed by atoms with Crippen LogP contribution in [0, 0.1) is 11.3 Å². The molecule has 6 nitrogen and oxygen atoms in total. The fourth-order valence-electron chi connectivity index (χ4n) is 3.70. The van der Waals surface area contributed by atoms with E-state index in [9.17, 15) is 4.79 Å². The molecule has 1 saturated carbocycles. The summed E-state index contributed by atoms with van der Waals surface area (Å²) >= 11 is 1.62. The lowest BCUT2D eigenvalue weighted by molar-refractivity contribution is 0.0954. The summed E-state index contributed by atoms with van der Waals surface area (Å²) in [5.41, 5.74) is 5.82. The average Bonchev–Trinajstić information content (AvgIpc) is 3.01. The third-order valence-corrected chi connectivity index (χ3v) is 5.84. The normalized spacial score (nSPS) is 20.6. The van der Waals surface area contributed by atoms with Gasteiger partial charge in [-0.15, -0.1) is 10.2 Å². The molecule has 0 bridgehead atoms. The standard InChI is InChI=1S/C20H27N5OS/c1-14-9-17(11-20(2,3)10-14)22-23-18(26)16-7-5-15(6-8-16)12-27-19-24-21-13-25(19)4/h5-8,13-14H,9-12H2,1-4H3,(H,23,26)/b22-17+/t14-/m0/s1. The van der Waals surface area contributed by atoms with Crippen LogP contribution in [0.4, 0.5) is 0 Å². The second-order valence-corrected chi connectivity index (χ2v) is 9.13. The Kier molecular flexibility index (Phi) is 5.99. The number of hydrazone groups is 1. The summed E-state index contributed by atoms with van der Waals surface area (Å²) in [7, 11) is 1.92. The van der Waals surface area contributed by atoms with Crippen molar-refractivity contribution in [1.82, 2.24) is 20.2 Å². The summed E-state index contributed by atoms with van der Waals surface area (Å²) in [6.45, 7) is 6.77. The molecule has 27 heavy (non-hydrogen) atoms. The van der Waals surface area contributed by atoms with Gasteiger partial charge in [-0.3, -0.25) is 4.79 Å². The number of rotatable bonds is 5. The summed E-state index contributed by atoms with van der Waals surface area (Å²) in [4.78, 5) is 12.4. The van der Waals surface area contributed by atoms with Crippen molar-refractivity contribution in [3.63, 3.8) is 0 Å². The summed E-state index contributed by atoms with van der Waals surface area (Å²) in [5.74, 6) is 1.23. The van der Waals surface area contributed by atoms with Crippen LogP contribution in [0.2, 0.25) is 0 Å². The van der Waals surface area contributed by atoms with Gasteiger partial charge >= 0.3 is 0 Å². The monoisotopic (exact) mass is 385 g/mol. The van der Waals surface area contributed by atoms with Crippen molar-refractivity contribution in [2.75, 3.05) is 0 Å². The highest BCUT2D eigenvalue weighted by molar-refractivity contribution is 7.98. The molecule has 1 heterocycles. The largest absolute Gasteiger partial charge is 0.312 e. The highest BCUT2D eigenvalue weighted by Gasteiger charge is 2.29. The van der Waals surface area contributed by atoms with Gasteiger partial charge in [0.1, 0.15) is 6.33 Å². The molecule has 0 unspecified atom stereocenters. The Bertz CT molecular complexity index is 825. The molecular weight excluding hydrogens is 358 g/mol. The Balaban J connectivity index is 1.56. The van der Waals surface area contributed by atoms with E-state index in [2.05, 4.69) is 41.5 Å². The van der Waals surface area contributed by atoms with Gasteiger partial charge in [0.05, 0.1) is 0 Å². The summed E-state index contributed by atoms with van der Waals surface area (Å²) in [6, 6.07) is 7.62. The van der Waals surface area contributed by atoms with Crippen LogP contribution in [0.1, 0.15) is 56.0 Å². The molecule has 1 N–H and O–H groups in total. The second-order valence-electron chi connectivity index (χ2n) is 8.18. The number of nitrogens with one attached hydrogen (secondary N) is 1. The van der Waals surface area contributed by atoms with Crippen LogP contribution >= 0.6 is 11.8 Å². The van der Waals surface area contributed by atoms with Gasteiger partial charge in [-0.1, -0.05) is 44.7 Å². The first kappa shape index (κ1) is 19.6. The number of nitrogens with zero attached hydrogens (tertiary/aromatic N) is 4. The first-order valence-electron chi connectivity index (χ1n) is 9.24. The number of aromatic nitrogens is 3. The van der Waals surface area contributed by atoms with Crippen LogP contribution in [0.25, 0.3) is 0 Å². The number of benzene rings is 1. The Morgan fingerprint density at radius 1 is 1.37 bits per heavy atom. The molecule has 1 atom stereocenters. The SMILES string of the molecule is C[C@H]1C/C(=N\NC(=O)c2ccc(CSc3nncn3C)cc2)CC(C)(C)C1. The van der Waals surface area contributed by atoms with Gasteiger partial charge in [-0.05, 0) is 48.3 Å². The first-order chi connectivity index (χ1) is 12.8. The van der Waals surface area contributed by atoms with Gasteiger partial charge in [0.15, 0.2) is 5.16 Å². The van der Waals surface area contributed by atoms with Crippen molar-refractivity contribution in [3.05, 3.63) is 41.7 Å². The molecule has 3 rings (SSSR count). The van der Waals surface area contributed by atoms with E-state index in [-0.39, 0.29) is 11.3 Å². The number of hydrogen-bond acceptors (Lipinski definition) is 5. The molecule has 144 valence electrons. The summed E-state index contributed by atoms with van der Waals surface area (Å²) in [5, 5.41) is 13.2. The maximum atomic E-state index is 12.4. The molecule has 1 aromatic carbocycles. The maximum absolute atomic E-state index is 12.4. The van der Waals surface area contributed by atoms with Crippen molar-refractivity contribution in [2.45, 2.75) is 50.9 Å². The minimum absolute atomic E-state index is 0.161. The molecule has 1 aromatic heterocycles. The fourth-order valence-corrected chi connectivity index (χ4v) is 4.54. The van der Waals surface area contributed by atoms with Crippen LogP contribution in [0.5, 0.6) is 0 Å². The number of thioether (sulfide) groups is 1. The molecule has 1 fully saturated rings. The molecule has 1 aliphatic carbocycles. The third-order valence-electron chi connectivity index (χ3n) is 4.74. The molecule has 1 amide bonds. The molecule has 0 radical (unpaired) electrons. The highest BCUT2D eigenvalue weighted by Crippen LogP contribution is 2.36. The molecular formula is C20H27N5OS. The summed E-state index contributed by atoms with van der Waals surface area (Å²) < 4.78 is 1.89. The van der Waals surface area contributed by atoms with Crippen LogP contribution in [-0.2, 0) is 12.8 Å². The minimum Gasteiger partial charge on any atom is -0.312 e. The van der Waals surface area contributed by atoms with Crippen LogP contribution < -0.4 is 5.43 Å². The van der Waals surface area contributed by atoms with Crippen LogP contribution in [-0.4, -0.2) is 26.4 Å². The van der Waals surface area contributed by atoms with Gasteiger partial charge in [0, 0.05) is 24.1 Å². The van der Waals surface area contributed by atoms with Crippen molar-refractivity contribution < 1.29 is 4.79 Å². The number of hydrogen-bond donors (Lipinski definition) is 1. The zero-order chi connectivity index (χ0) is 19.4. The number of carbonyl (C=O) groups is 1. The van der Waals surface area contributed by atoms with Crippen molar-refractivity contribution in [1.29, 1.82) is 0 Å². The maximum Gasteiger partial charge on any atom is 0.271 e. The van der Waals surface area contributed by atoms with Gasteiger partial charge < -0.3 is 4.57 Å². The van der Waals surface area contributed by atoms with E-state index >= 15 is 0 Å². The molecule has 7 heteroatoms. The zero-order valence-electron chi connectivity index (χ0n) is 16.4. The Morgan fingerprint density at radius 3 is 2.74 bits per heavy atom. The van der Waals surface area contributed by atoms with Gasteiger partial charge in [0.2, 0.25) is 0 Å². The first-order valence-corrected chi connectivity index (χ1v) is 10.2. The molecule has 0 saturated heterocycles.